The molecule has 0 unspecified atom stereocenters. The lowest BCUT2D eigenvalue weighted by Crippen LogP contribution is -2.48. The van der Waals surface area contributed by atoms with E-state index in [1.165, 1.54) is 0 Å². The average molecular weight is 417 g/mol. The number of benzene rings is 2. The summed E-state index contributed by atoms with van der Waals surface area (Å²) in [7, 11) is 1.63. The topological polar surface area (TPSA) is 76.7 Å². The number of para-hydroxylation sites is 2. The van der Waals surface area contributed by atoms with Crippen LogP contribution in [0.1, 0.15) is 12.0 Å². The number of ether oxygens (including phenoxy) is 2. The van der Waals surface area contributed by atoms with Crippen LogP contribution in [0.4, 0.5) is 0 Å². The highest BCUT2D eigenvalue weighted by Gasteiger charge is 2.20. The maximum absolute atomic E-state index is 12.6. The van der Waals surface area contributed by atoms with Gasteiger partial charge in [0.2, 0.25) is 5.91 Å². The number of hydrogen-bond acceptors (Lipinski definition) is 5. The van der Waals surface area contributed by atoms with Crippen molar-refractivity contribution in [1.82, 2.24) is 10.6 Å². The summed E-state index contributed by atoms with van der Waals surface area (Å²) in [5.74, 6) is 1.67. The molecule has 1 atom stereocenters. The Bertz CT molecular complexity index is 770. The van der Waals surface area contributed by atoms with Crippen LogP contribution >= 0.6 is 11.8 Å². The van der Waals surface area contributed by atoms with E-state index in [4.69, 9.17) is 9.47 Å². The molecular weight excluding hydrogens is 388 g/mol. The van der Waals surface area contributed by atoms with Gasteiger partial charge in [-0.3, -0.25) is 9.59 Å². The normalized spacial score (nSPS) is 11.4. The van der Waals surface area contributed by atoms with Crippen LogP contribution in [0.2, 0.25) is 0 Å². The fourth-order valence-electron chi connectivity index (χ4n) is 2.76. The van der Waals surface area contributed by atoms with Gasteiger partial charge in [0.05, 0.1) is 7.11 Å². The molecule has 0 aliphatic heterocycles. The van der Waals surface area contributed by atoms with Gasteiger partial charge in [-0.15, -0.1) is 0 Å². The van der Waals surface area contributed by atoms with Crippen LogP contribution < -0.4 is 20.1 Å². The lowest BCUT2D eigenvalue weighted by atomic mass is 10.1. The van der Waals surface area contributed by atoms with Crippen LogP contribution in [-0.2, 0) is 16.0 Å². The van der Waals surface area contributed by atoms with Crippen molar-refractivity contribution in [2.75, 3.05) is 32.3 Å². The first-order chi connectivity index (χ1) is 14.1. The second-order valence-electron chi connectivity index (χ2n) is 6.36. The van der Waals surface area contributed by atoms with E-state index in [1.807, 2.05) is 48.7 Å². The Balaban J connectivity index is 1.83. The quantitative estimate of drug-likeness (QED) is 0.556. The van der Waals surface area contributed by atoms with Gasteiger partial charge in [-0.05, 0) is 48.6 Å². The smallest absolute Gasteiger partial charge is 0.258 e. The number of amides is 2. The SMILES string of the molecule is COc1ccccc1CCNC(=O)[C@@H](CCSC)NC(=O)COc1ccccc1. The third-order valence-corrected chi connectivity index (χ3v) is 4.91. The zero-order valence-electron chi connectivity index (χ0n) is 16.9. The molecular formula is C22H28N2O4S. The van der Waals surface area contributed by atoms with Crippen molar-refractivity contribution in [2.45, 2.75) is 18.9 Å². The number of carbonyl (C=O) groups excluding carboxylic acids is 2. The van der Waals surface area contributed by atoms with Gasteiger partial charge in [0.25, 0.3) is 5.91 Å². The van der Waals surface area contributed by atoms with E-state index in [-0.39, 0.29) is 18.4 Å². The Morgan fingerprint density at radius 3 is 2.52 bits per heavy atom. The summed E-state index contributed by atoms with van der Waals surface area (Å²) in [6.45, 7) is 0.333. The molecule has 0 bridgehead atoms. The van der Waals surface area contributed by atoms with E-state index in [1.54, 1.807) is 31.0 Å². The molecule has 0 spiro atoms. The van der Waals surface area contributed by atoms with Gasteiger partial charge < -0.3 is 20.1 Å². The van der Waals surface area contributed by atoms with E-state index in [0.717, 1.165) is 17.1 Å². The molecule has 2 rings (SSSR count). The van der Waals surface area contributed by atoms with E-state index in [9.17, 15) is 9.59 Å². The van der Waals surface area contributed by atoms with Crippen LogP contribution in [0.15, 0.2) is 54.6 Å². The molecule has 2 aromatic carbocycles. The summed E-state index contributed by atoms with van der Waals surface area (Å²) in [6, 6.07) is 16.2. The highest BCUT2D eigenvalue weighted by molar-refractivity contribution is 7.98. The van der Waals surface area contributed by atoms with Gasteiger partial charge in [0.15, 0.2) is 6.61 Å². The highest BCUT2D eigenvalue weighted by Crippen LogP contribution is 2.17. The third-order valence-electron chi connectivity index (χ3n) is 4.26. The molecule has 2 aromatic rings. The summed E-state index contributed by atoms with van der Waals surface area (Å²) in [5.41, 5.74) is 1.02. The zero-order valence-corrected chi connectivity index (χ0v) is 17.7. The Labute approximate surface area is 176 Å². The molecule has 0 aromatic heterocycles. The number of thioether (sulfide) groups is 1. The van der Waals surface area contributed by atoms with Crippen LogP contribution in [0, 0.1) is 0 Å². The Morgan fingerprint density at radius 1 is 1.07 bits per heavy atom. The number of nitrogens with one attached hydrogen (secondary N) is 2. The Hall–Kier alpha value is -2.67. The minimum Gasteiger partial charge on any atom is -0.496 e. The molecule has 0 saturated carbocycles. The molecule has 0 aliphatic carbocycles. The summed E-state index contributed by atoms with van der Waals surface area (Å²) in [5, 5.41) is 5.69. The number of methoxy groups -OCH3 is 1. The first-order valence-electron chi connectivity index (χ1n) is 9.49. The van der Waals surface area contributed by atoms with Crippen LogP contribution in [0.3, 0.4) is 0 Å². The average Bonchev–Trinajstić information content (AvgIpc) is 2.76. The summed E-state index contributed by atoms with van der Waals surface area (Å²) in [6.07, 6.45) is 3.17. The van der Waals surface area contributed by atoms with Gasteiger partial charge in [0.1, 0.15) is 17.5 Å². The highest BCUT2D eigenvalue weighted by atomic mass is 32.2. The van der Waals surface area contributed by atoms with Crippen molar-refractivity contribution in [3.05, 3.63) is 60.2 Å². The monoisotopic (exact) mass is 416 g/mol. The van der Waals surface area contributed by atoms with E-state index in [0.29, 0.717) is 25.1 Å². The number of carbonyl (C=O) groups is 2. The molecule has 0 aliphatic rings. The second-order valence-corrected chi connectivity index (χ2v) is 7.34. The van der Waals surface area contributed by atoms with E-state index < -0.39 is 6.04 Å². The van der Waals surface area contributed by atoms with Crippen molar-refractivity contribution >= 4 is 23.6 Å². The van der Waals surface area contributed by atoms with Crippen LogP contribution in [0.25, 0.3) is 0 Å². The maximum Gasteiger partial charge on any atom is 0.258 e. The maximum atomic E-state index is 12.6. The fourth-order valence-corrected chi connectivity index (χ4v) is 3.23. The second kappa shape index (κ2) is 12.7. The molecule has 0 saturated heterocycles. The van der Waals surface area contributed by atoms with Gasteiger partial charge >= 0.3 is 0 Å². The molecule has 0 radical (unpaired) electrons. The Kier molecular flexibility index (Phi) is 9.92. The molecule has 29 heavy (non-hydrogen) atoms. The van der Waals surface area contributed by atoms with Gasteiger partial charge in [-0.2, -0.15) is 11.8 Å². The molecule has 6 nitrogen and oxygen atoms in total. The van der Waals surface area contributed by atoms with Gasteiger partial charge in [-0.25, -0.2) is 0 Å². The summed E-state index contributed by atoms with van der Waals surface area (Å²) >= 11 is 1.63. The first-order valence-corrected chi connectivity index (χ1v) is 10.9. The van der Waals surface area contributed by atoms with Gasteiger partial charge in [0, 0.05) is 6.54 Å². The molecule has 0 fully saturated rings. The fraction of sp³-hybridized carbons (Fsp3) is 0.364. The molecule has 2 N–H and O–H groups in total. The van der Waals surface area contributed by atoms with E-state index in [2.05, 4.69) is 10.6 Å². The lowest BCUT2D eigenvalue weighted by molar-refractivity contribution is -0.130. The van der Waals surface area contributed by atoms with Crippen molar-refractivity contribution in [1.29, 1.82) is 0 Å². The summed E-state index contributed by atoms with van der Waals surface area (Å²) < 4.78 is 10.8. The third kappa shape index (κ3) is 8.07. The van der Waals surface area contributed by atoms with Crippen LogP contribution in [0.5, 0.6) is 11.5 Å². The summed E-state index contributed by atoms with van der Waals surface area (Å²) in [4.78, 5) is 24.8. The standard InChI is InChI=1S/C22H28N2O4S/c1-27-20-11-7-6-8-17(20)12-14-23-22(26)19(13-15-29-2)24-21(25)16-28-18-9-4-3-5-10-18/h3-11,19H,12-16H2,1-2H3,(H,23,26)(H,24,25)/t19-/m1/s1. The number of hydrogen-bond donors (Lipinski definition) is 2. The minimum absolute atomic E-state index is 0.131. The molecule has 7 heteroatoms. The molecule has 0 heterocycles. The van der Waals surface area contributed by atoms with Crippen molar-refractivity contribution in [3.8, 4) is 11.5 Å². The van der Waals surface area contributed by atoms with Crippen molar-refractivity contribution in [2.24, 2.45) is 0 Å². The molecule has 2 amide bonds. The number of rotatable bonds is 12. The minimum atomic E-state index is -0.591. The van der Waals surface area contributed by atoms with E-state index >= 15 is 0 Å². The predicted octanol–water partition coefficient (Wildman–Crippen LogP) is 2.67. The predicted molar refractivity (Wildman–Crippen MR) is 117 cm³/mol. The Morgan fingerprint density at radius 2 is 1.79 bits per heavy atom. The zero-order chi connectivity index (χ0) is 20.9. The van der Waals surface area contributed by atoms with Crippen molar-refractivity contribution in [3.63, 3.8) is 0 Å². The molecule has 156 valence electrons. The lowest BCUT2D eigenvalue weighted by Gasteiger charge is -2.18. The van der Waals surface area contributed by atoms with Crippen LogP contribution in [-0.4, -0.2) is 50.1 Å². The largest absolute Gasteiger partial charge is 0.496 e. The van der Waals surface area contributed by atoms with Crippen molar-refractivity contribution < 1.29 is 19.1 Å². The first kappa shape index (κ1) is 22.6. The van der Waals surface area contributed by atoms with Gasteiger partial charge in [-0.1, -0.05) is 36.4 Å².